The van der Waals surface area contributed by atoms with Crippen molar-refractivity contribution < 1.29 is 14.3 Å². The Kier molecular flexibility index (Phi) is 5.06. The predicted octanol–water partition coefficient (Wildman–Crippen LogP) is 2.05. The van der Waals surface area contributed by atoms with Crippen molar-refractivity contribution in [3.8, 4) is 0 Å². The van der Waals surface area contributed by atoms with Crippen LogP contribution in [0.1, 0.15) is 26.2 Å². The number of methoxy groups -OCH3 is 1. The molecule has 2 atom stereocenters. The van der Waals surface area contributed by atoms with E-state index < -0.39 is 12.1 Å². The van der Waals surface area contributed by atoms with Crippen LogP contribution in [0.3, 0.4) is 0 Å². The number of amides is 1. The number of ketones is 1. The van der Waals surface area contributed by atoms with Gasteiger partial charge in [-0.2, -0.15) is 0 Å². The number of rotatable bonds is 3. The highest BCUT2D eigenvalue weighted by Crippen LogP contribution is 2.26. The highest BCUT2D eigenvalue weighted by atomic mass is 35.5. The van der Waals surface area contributed by atoms with Crippen LogP contribution in [0.25, 0.3) is 0 Å². The third-order valence-corrected chi connectivity index (χ3v) is 3.46. The number of ether oxygens (including phenoxy) is 1. The second-order valence-corrected chi connectivity index (χ2v) is 4.35. The molecule has 4 nitrogen and oxygen atoms in total. The molecule has 0 aromatic rings. The molecule has 0 bridgehead atoms. The van der Waals surface area contributed by atoms with Gasteiger partial charge >= 0.3 is 6.09 Å². The third-order valence-electron chi connectivity index (χ3n) is 3.20. The maximum Gasteiger partial charge on any atom is 0.410 e. The van der Waals surface area contributed by atoms with Crippen LogP contribution in [0.15, 0.2) is 0 Å². The van der Waals surface area contributed by atoms with E-state index in [-0.39, 0.29) is 11.7 Å². The third kappa shape index (κ3) is 2.88. The number of carbonyl (C=O) groups is 2. The molecule has 1 amide bonds. The Balaban J connectivity index is 2.75. The molecule has 0 radical (unpaired) electrons. The van der Waals surface area contributed by atoms with Gasteiger partial charge < -0.3 is 4.74 Å². The van der Waals surface area contributed by atoms with Crippen LogP contribution >= 0.6 is 11.6 Å². The van der Waals surface area contributed by atoms with Crippen molar-refractivity contribution in [2.45, 2.75) is 32.2 Å². The normalized spacial score (nSPS) is 25.3. The van der Waals surface area contributed by atoms with Crippen LogP contribution in [-0.4, -0.2) is 42.4 Å². The lowest BCUT2D eigenvalue weighted by Gasteiger charge is -2.37. The molecule has 5 heteroatoms. The number of hydrogen-bond donors (Lipinski definition) is 0. The smallest absolute Gasteiger partial charge is 0.410 e. The summed E-state index contributed by atoms with van der Waals surface area (Å²) < 4.78 is 4.68. The number of alkyl halides is 1. The van der Waals surface area contributed by atoms with E-state index in [0.29, 0.717) is 18.9 Å². The van der Waals surface area contributed by atoms with Gasteiger partial charge in [0.1, 0.15) is 0 Å². The Morgan fingerprint density at radius 2 is 2.19 bits per heavy atom. The Hall–Kier alpha value is -0.770. The van der Waals surface area contributed by atoms with Crippen molar-refractivity contribution >= 4 is 23.5 Å². The largest absolute Gasteiger partial charge is 0.453 e. The van der Waals surface area contributed by atoms with Gasteiger partial charge in [0, 0.05) is 6.54 Å². The molecule has 0 N–H and O–H groups in total. The van der Waals surface area contributed by atoms with E-state index in [1.165, 1.54) is 12.0 Å². The van der Waals surface area contributed by atoms with Gasteiger partial charge in [0.15, 0.2) is 5.78 Å². The summed E-state index contributed by atoms with van der Waals surface area (Å²) in [7, 11) is 1.33. The number of nitrogens with zero attached hydrogens (tertiary/aromatic N) is 1. The Bertz CT molecular complexity index is 270. The highest BCUT2D eigenvalue weighted by molar-refractivity contribution is 6.28. The Morgan fingerprint density at radius 1 is 1.50 bits per heavy atom. The van der Waals surface area contributed by atoms with Crippen molar-refractivity contribution in [1.29, 1.82) is 0 Å². The molecule has 1 fully saturated rings. The van der Waals surface area contributed by atoms with Crippen molar-refractivity contribution in [3.63, 3.8) is 0 Å². The number of piperidine rings is 1. The molecule has 0 spiro atoms. The summed E-state index contributed by atoms with van der Waals surface area (Å²) in [6.45, 7) is 2.68. The lowest BCUT2D eigenvalue weighted by atomic mass is 9.87. The van der Waals surface area contributed by atoms with Gasteiger partial charge in [-0.1, -0.05) is 13.3 Å². The standard InChI is InChI=1S/C11H18ClNO3/c1-3-8-4-5-13(11(15)16-2)9(6-8)10(14)7-12/h8-9H,3-7H2,1-2H3. The van der Waals surface area contributed by atoms with Crippen molar-refractivity contribution in [2.24, 2.45) is 5.92 Å². The fourth-order valence-electron chi connectivity index (χ4n) is 2.14. The average molecular weight is 248 g/mol. The fraction of sp³-hybridized carbons (Fsp3) is 0.818. The van der Waals surface area contributed by atoms with E-state index in [2.05, 4.69) is 11.7 Å². The lowest BCUT2D eigenvalue weighted by Crippen LogP contribution is -2.50. The molecule has 1 aliphatic heterocycles. The molecule has 1 saturated heterocycles. The molecule has 1 aliphatic rings. The summed E-state index contributed by atoms with van der Waals surface area (Å²) in [5.74, 6) is 0.359. The molecule has 1 heterocycles. The number of likely N-dealkylation sites (tertiary alicyclic amines) is 1. The summed E-state index contributed by atoms with van der Waals surface area (Å²) in [6.07, 6.45) is 2.23. The minimum absolute atomic E-state index is 0.0470. The molecule has 0 aliphatic carbocycles. The zero-order valence-corrected chi connectivity index (χ0v) is 10.5. The van der Waals surface area contributed by atoms with E-state index >= 15 is 0 Å². The van der Waals surface area contributed by atoms with Crippen LogP contribution in [0.2, 0.25) is 0 Å². The summed E-state index contributed by atoms with van der Waals surface area (Å²) in [5.41, 5.74) is 0. The molecule has 0 aromatic carbocycles. The van der Waals surface area contributed by atoms with E-state index in [9.17, 15) is 9.59 Å². The van der Waals surface area contributed by atoms with Gasteiger partial charge in [-0.3, -0.25) is 9.69 Å². The number of halogens is 1. The first-order valence-electron chi connectivity index (χ1n) is 5.57. The van der Waals surface area contributed by atoms with Gasteiger partial charge in [-0.25, -0.2) is 4.79 Å². The van der Waals surface area contributed by atoms with Crippen molar-refractivity contribution in [3.05, 3.63) is 0 Å². The minimum atomic E-state index is -0.432. The zero-order chi connectivity index (χ0) is 12.1. The zero-order valence-electron chi connectivity index (χ0n) is 9.74. The van der Waals surface area contributed by atoms with Crippen molar-refractivity contribution in [1.82, 2.24) is 4.90 Å². The summed E-state index contributed by atoms with van der Waals surface area (Å²) in [6, 6.07) is -0.399. The molecule has 1 rings (SSSR count). The monoisotopic (exact) mass is 247 g/mol. The van der Waals surface area contributed by atoms with Gasteiger partial charge in [0.05, 0.1) is 19.0 Å². The molecule has 2 unspecified atom stereocenters. The molecule has 0 saturated carbocycles. The van der Waals surface area contributed by atoms with E-state index in [1.54, 1.807) is 0 Å². The Morgan fingerprint density at radius 3 is 2.69 bits per heavy atom. The lowest BCUT2D eigenvalue weighted by molar-refractivity contribution is -0.123. The first-order valence-corrected chi connectivity index (χ1v) is 6.10. The van der Waals surface area contributed by atoms with E-state index in [4.69, 9.17) is 11.6 Å². The fourth-order valence-corrected chi connectivity index (χ4v) is 2.32. The van der Waals surface area contributed by atoms with Crippen LogP contribution in [0, 0.1) is 5.92 Å². The molecule has 92 valence electrons. The first kappa shape index (κ1) is 13.3. The van der Waals surface area contributed by atoms with Crippen LogP contribution in [0.5, 0.6) is 0 Å². The summed E-state index contributed by atoms with van der Waals surface area (Å²) in [5, 5.41) is 0. The topological polar surface area (TPSA) is 46.6 Å². The number of carbonyl (C=O) groups excluding carboxylic acids is 2. The van der Waals surface area contributed by atoms with Crippen LogP contribution < -0.4 is 0 Å². The van der Waals surface area contributed by atoms with Gasteiger partial charge in [-0.15, -0.1) is 11.6 Å². The molecular formula is C11H18ClNO3. The average Bonchev–Trinajstić information content (AvgIpc) is 2.36. The van der Waals surface area contributed by atoms with Gasteiger partial charge in [0.25, 0.3) is 0 Å². The SMILES string of the molecule is CCC1CCN(C(=O)OC)C(C(=O)CCl)C1. The predicted molar refractivity (Wildman–Crippen MR) is 61.6 cm³/mol. The number of Topliss-reactive ketones (excluding diaryl/α,β-unsaturated/α-hetero) is 1. The second-order valence-electron chi connectivity index (χ2n) is 4.08. The molecule has 16 heavy (non-hydrogen) atoms. The molecular weight excluding hydrogens is 230 g/mol. The highest BCUT2D eigenvalue weighted by Gasteiger charge is 2.35. The summed E-state index contributed by atoms with van der Waals surface area (Å²) in [4.78, 5) is 24.7. The van der Waals surface area contributed by atoms with Crippen LogP contribution in [0.4, 0.5) is 4.79 Å². The minimum Gasteiger partial charge on any atom is -0.453 e. The second kappa shape index (κ2) is 6.09. The quantitative estimate of drug-likeness (QED) is 0.717. The van der Waals surface area contributed by atoms with Crippen LogP contribution in [-0.2, 0) is 9.53 Å². The maximum absolute atomic E-state index is 11.7. The molecule has 0 aromatic heterocycles. The Labute approximate surface area is 101 Å². The summed E-state index contributed by atoms with van der Waals surface area (Å²) >= 11 is 5.56. The van der Waals surface area contributed by atoms with Gasteiger partial charge in [-0.05, 0) is 18.8 Å². The van der Waals surface area contributed by atoms with E-state index in [0.717, 1.165) is 12.8 Å². The first-order chi connectivity index (χ1) is 7.63. The van der Waals surface area contributed by atoms with Gasteiger partial charge in [0.2, 0.25) is 0 Å². The van der Waals surface area contributed by atoms with E-state index in [1.807, 2.05) is 0 Å². The number of hydrogen-bond acceptors (Lipinski definition) is 3. The maximum atomic E-state index is 11.7. The van der Waals surface area contributed by atoms with Crippen molar-refractivity contribution in [2.75, 3.05) is 19.5 Å².